The number of nitrogens with zero attached hydrogens (tertiary/aromatic N) is 1. The Morgan fingerprint density at radius 1 is 1.21 bits per heavy atom. The number of benzene rings is 2. The second-order valence-corrected chi connectivity index (χ2v) is 8.48. The highest BCUT2D eigenvalue weighted by Crippen LogP contribution is 2.32. The lowest BCUT2D eigenvalue weighted by atomic mass is 10.0. The van der Waals surface area contributed by atoms with Crippen LogP contribution in [-0.2, 0) is 21.2 Å². The summed E-state index contributed by atoms with van der Waals surface area (Å²) in [6.45, 7) is 0.666. The zero-order valence-corrected chi connectivity index (χ0v) is 16.2. The number of hydrogen-bond acceptors (Lipinski definition) is 6. The number of sulfonamides is 1. The van der Waals surface area contributed by atoms with Crippen molar-refractivity contribution in [2.75, 3.05) is 18.6 Å². The number of carbonyl (C=O) groups is 1. The molecule has 0 spiro atoms. The van der Waals surface area contributed by atoms with E-state index in [1.54, 1.807) is 17.0 Å². The van der Waals surface area contributed by atoms with Crippen LogP contribution in [0.1, 0.15) is 23.6 Å². The zero-order valence-electron chi connectivity index (χ0n) is 15.4. The normalized spacial score (nSPS) is 21.6. The number of anilines is 1. The predicted octanol–water partition coefficient (Wildman–Crippen LogP) is 0.840. The number of primary sulfonamides is 1. The van der Waals surface area contributed by atoms with Gasteiger partial charge >= 0.3 is 0 Å². The number of rotatable bonds is 4. The molecule has 148 valence electrons. The lowest BCUT2D eigenvalue weighted by Gasteiger charge is -2.21. The number of carbonyl (C=O) groups excluding carboxylic acids is 1. The molecule has 2 unspecified atom stereocenters. The summed E-state index contributed by atoms with van der Waals surface area (Å²) in [5.74, 6) is 0.193. The molecule has 0 bridgehead atoms. The summed E-state index contributed by atoms with van der Waals surface area (Å²) < 4.78 is 28.8. The molecule has 2 aromatic carbocycles. The first-order valence-electron chi connectivity index (χ1n) is 8.99. The smallest absolute Gasteiger partial charge is 0.245 e. The van der Waals surface area contributed by atoms with Crippen LogP contribution in [0, 0.1) is 0 Å². The van der Waals surface area contributed by atoms with Gasteiger partial charge in [-0.25, -0.2) is 24.4 Å². The van der Waals surface area contributed by atoms with Crippen LogP contribution >= 0.6 is 0 Å². The van der Waals surface area contributed by atoms with Crippen molar-refractivity contribution in [1.82, 2.24) is 10.9 Å². The van der Waals surface area contributed by atoms with Gasteiger partial charge in [0.15, 0.2) is 0 Å². The first-order valence-corrected chi connectivity index (χ1v) is 10.5. The van der Waals surface area contributed by atoms with Crippen molar-refractivity contribution in [3.05, 3.63) is 53.6 Å². The van der Waals surface area contributed by atoms with Crippen LogP contribution in [0.5, 0.6) is 5.75 Å². The quantitative estimate of drug-likeness (QED) is 0.698. The van der Waals surface area contributed by atoms with Crippen LogP contribution in [-0.4, -0.2) is 34.0 Å². The summed E-state index contributed by atoms with van der Waals surface area (Å²) in [5.41, 5.74) is 8.99. The number of nitrogens with two attached hydrogens (primary N) is 1. The van der Waals surface area contributed by atoms with Gasteiger partial charge in [0.1, 0.15) is 16.7 Å². The van der Waals surface area contributed by atoms with E-state index in [2.05, 4.69) is 10.9 Å². The zero-order chi connectivity index (χ0) is 19.9. The number of amides is 1. The molecular weight excluding hydrogens is 380 g/mol. The Labute approximate surface area is 163 Å². The van der Waals surface area contributed by atoms with E-state index in [4.69, 9.17) is 9.88 Å². The molecule has 2 aliphatic rings. The number of para-hydroxylation sites is 1. The number of fused-ring (bicyclic) bond motifs is 1. The second kappa shape index (κ2) is 7.17. The van der Waals surface area contributed by atoms with E-state index in [0.29, 0.717) is 13.0 Å². The Hall–Kier alpha value is -2.46. The van der Waals surface area contributed by atoms with Crippen LogP contribution in [0.4, 0.5) is 5.69 Å². The molecule has 0 saturated carbocycles. The van der Waals surface area contributed by atoms with Crippen LogP contribution in [0.15, 0.2) is 47.4 Å². The van der Waals surface area contributed by atoms with Crippen molar-refractivity contribution in [3.8, 4) is 5.75 Å². The van der Waals surface area contributed by atoms with Crippen LogP contribution < -0.4 is 25.6 Å². The number of ether oxygens (including phenoxy) is 1. The highest BCUT2D eigenvalue weighted by Gasteiger charge is 2.36. The van der Waals surface area contributed by atoms with Gasteiger partial charge in [0.25, 0.3) is 0 Å². The van der Waals surface area contributed by atoms with Gasteiger partial charge in [0.2, 0.25) is 15.9 Å². The Morgan fingerprint density at radius 3 is 2.75 bits per heavy atom. The molecule has 2 heterocycles. The van der Waals surface area contributed by atoms with Crippen molar-refractivity contribution in [1.29, 1.82) is 0 Å². The maximum atomic E-state index is 13.0. The number of methoxy groups -OCH3 is 1. The number of hydrazine groups is 1. The Balaban J connectivity index is 1.53. The summed E-state index contributed by atoms with van der Waals surface area (Å²) in [6, 6.07) is 12.1. The van der Waals surface area contributed by atoms with E-state index in [9.17, 15) is 13.2 Å². The molecule has 1 amide bonds. The number of hydrogen-bond donors (Lipinski definition) is 3. The minimum absolute atomic E-state index is 0.000122. The molecule has 4 rings (SSSR count). The maximum absolute atomic E-state index is 13.0. The molecule has 1 fully saturated rings. The molecular formula is C19H22N4O4S. The van der Waals surface area contributed by atoms with Crippen molar-refractivity contribution >= 4 is 21.6 Å². The molecule has 0 radical (unpaired) electrons. The van der Waals surface area contributed by atoms with Gasteiger partial charge in [-0.05, 0) is 42.2 Å². The van der Waals surface area contributed by atoms with Gasteiger partial charge in [-0.1, -0.05) is 24.3 Å². The van der Waals surface area contributed by atoms with E-state index in [1.165, 1.54) is 18.7 Å². The van der Waals surface area contributed by atoms with Gasteiger partial charge in [0, 0.05) is 18.3 Å². The van der Waals surface area contributed by atoms with E-state index in [0.717, 1.165) is 17.7 Å². The average molecular weight is 402 g/mol. The molecule has 2 aliphatic heterocycles. The van der Waals surface area contributed by atoms with Gasteiger partial charge in [-0.3, -0.25) is 4.79 Å². The summed E-state index contributed by atoms with van der Waals surface area (Å²) in [7, 11) is -2.53. The van der Waals surface area contributed by atoms with Crippen molar-refractivity contribution in [3.63, 3.8) is 0 Å². The molecule has 8 nitrogen and oxygen atoms in total. The van der Waals surface area contributed by atoms with E-state index in [-0.39, 0.29) is 22.6 Å². The summed E-state index contributed by atoms with van der Waals surface area (Å²) in [4.78, 5) is 14.7. The lowest BCUT2D eigenvalue weighted by molar-refractivity contribution is -0.120. The molecule has 28 heavy (non-hydrogen) atoms. The molecule has 9 heteroatoms. The molecule has 0 aromatic heterocycles. The van der Waals surface area contributed by atoms with Gasteiger partial charge in [-0.15, -0.1) is 0 Å². The third kappa shape index (κ3) is 3.37. The standard InChI is InChI=1S/C19H22N4O4S/c1-27-17-7-6-13(10-18(17)28(20,25)26)14-11-15(22-21-14)19(24)23-9-8-12-4-2-3-5-16(12)23/h2-7,10,14-15,21-22H,8-9,11H2,1H3,(H2,20,25,26). The molecule has 2 aromatic rings. The minimum atomic E-state index is -3.92. The largest absolute Gasteiger partial charge is 0.495 e. The molecule has 2 atom stereocenters. The monoisotopic (exact) mass is 402 g/mol. The fraction of sp³-hybridized carbons (Fsp3) is 0.316. The molecule has 4 N–H and O–H groups in total. The third-order valence-corrected chi connectivity index (χ3v) is 6.18. The fourth-order valence-corrected chi connectivity index (χ4v) is 4.56. The van der Waals surface area contributed by atoms with E-state index < -0.39 is 16.1 Å². The highest BCUT2D eigenvalue weighted by atomic mass is 32.2. The summed E-state index contributed by atoms with van der Waals surface area (Å²) in [6.07, 6.45) is 1.34. The highest BCUT2D eigenvalue weighted by molar-refractivity contribution is 7.89. The SMILES string of the molecule is COc1ccc(C2CC(C(=O)N3CCc4ccccc43)NN2)cc1S(N)(=O)=O. The van der Waals surface area contributed by atoms with Gasteiger partial charge in [0.05, 0.1) is 7.11 Å². The maximum Gasteiger partial charge on any atom is 0.245 e. The topological polar surface area (TPSA) is 114 Å². The lowest BCUT2D eigenvalue weighted by Crippen LogP contribution is -2.45. The second-order valence-electron chi connectivity index (χ2n) is 6.95. The Morgan fingerprint density at radius 2 is 2.00 bits per heavy atom. The Bertz CT molecular complexity index is 1020. The Kier molecular flexibility index (Phi) is 4.84. The van der Waals surface area contributed by atoms with E-state index >= 15 is 0 Å². The van der Waals surface area contributed by atoms with Crippen molar-refractivity contribution in [2.45, 2.75) is 29.8 Å². The first-order chi connectivity index (χ1) is 13.4. The summed E-state index contributed by atoms with van der Waals surface area (Å²) >= 11 is 0. The van der Waals surface area contributed by atoms with Crippen molar-refractivity contribution < 1.29 is 17.9 Å². The predicted molar refractivity (Wildman–Crippen MR) is 104 cm³/mol. The molecule has 1 saturated heterocycles. The third-order valence-electron chi connectivity index (χ3n) is 5.25. The first kappa shape index (κ1) is 18.9. The van der Waals surface area contributed by atoms with Crippen molar-refractivity contribution in [2.24, 2.45) is 5.14 Å². The molecule has 0 aliphatic carbocycles. The van der Waals surface area contributed by atoms with Gasteiger partial charge in [-0.2, -0.15) is 0 Å². The van der Waals surface area contributed by atoms with Crippen LogP contribution in [0.25, 0.3) is 0 Å². The van der Waals surface area contributed by atoms with Crippen LogP contribution in [0.2, 0.25) is 0 Å². The number of nitrogens with one attached hydrogen (secondary N) is 2. The van der Waals surface area contributed by atoms with E-state index in [1.807, 2.05) is 24.3 Å². The van der Waals surface area contributed by atoms with Gasteiger partial charge < -0.3 is 9.64 Å². The van der Waals surface area contributed by atoms with Crippen LogP contribution in [0.3, 0.4) is 0 Å². The summed E-state index contributed by atoms with van der Waals surface area (Å²) in [5, 5.41) is 5.30. The average Bonchev–Trinajstić information content (AvgIpc) is 3.34. The minimum Gasteiger partial charge on any atom is -0.495 e. The fourth-order valence-electron chi connectivity index (χ4n) is 3.82.